The van der Waals surface area contributed by atoms with Crippen LogP contribution in [0, 0.1) is 0 Å². The molecule has 2 fully saturated rings. The molecule has 1 aromatic heterocycles. The van der Waals surface area contributed by atoms with E-state index in [0.717, 1.165) is 37.9 Å². The van der Waals surface area contributed by atoms with Gasteiger partial charge in [0.1, 0.15) is 0 Å². The van der Waals surface area contributed by atoms with Gasteiger partial charge >= 0.3 is 0 Å². The van der Waals surface area contributed by atoms with Crippen LogP contribution in [0.3, 0.4) is 0 Å². The summed E-state index contributed by atoms with van der Waals surface area (Å²) in [6.45, 7) is 4.29. The van der Waals surface area contributed by atoms with Crippen molar-refractivity contribution in [1.29, 1.82) is 0 Å². The van der Waals surface area contributed by atoms with E-state index in [9.17, 15) is 4.79 Å². The molecule has 2 aromatic rings. The van der Waals surface area contributed by atoms with Gasteiger partial charge in [0.15, 0.2) is 0 Å². The van der Waals surface area contributed by atoms with Crippen molar-refractivity contribution in [3.63, 3.8) is 0 Å². The first-order chi connectivity index (χ1) is 12.1. The molecule has 2 atom stereocenters. The largest absolute Gasteiger partial charge is 0.339 e. The highest BCUT2D eigenvalue weighted by molar-refractivity contribution is 5.79. The van der Waals surface area contributed by atoms with Crippen molar-refractivity contribution in [3.05, 3.63) is 42.1 Å². The van der Waals surface area contributed by atoms with Crippen LogP contribution in [0.1, 0.15) is 44.6 Å². The van der Waals surface area contributed by atoms with E-state index < -0.39 is 0 Å². The molecule has 2 aliphatic rings. The molecule has 132 valence electrons. The van der Waals surface area contributed by atoms with Crippen LogP contribution in [0.4, 0.5) is 0 Å². The molecule has 2 aliphatic heterocycles. The first-order valence-corrected chi connectivity index (χ1v) is 9.42. The van der Waals surface area contributed by atoms with Gasteiger partial charge in [-0.25, -0.2) is 0 Å². The smallest absolute Gasteiger partial charge is 0.222 e. The molecule has 0 aliphatic carbocycles. The van der Waals surface area contributed by atoms with Crippen LogP contribution in [-0.2, 0) is 11.3 Å². The molecule has 1 amide bonds. The van der Waals surface area contributed by atoms with Crippen LogP contribution >= 0.6 is 0 Å². The summed E-state index contributed by atoms with van der Waals surface area (Å²) in [5, 5.41) is 1.20. The van der Waals surface area contributed by atoms with Crippen molar-refractivity contribution in [3.8, 4) is 0 Å². The highest BCUT2D eigenvalue weighted by Gasteiger charge is 2.48. The molecule has 4 heteroatoms. The number of aromatic nitrogens is 1. The van der Waals surface area contributed by atoms with E-state index in [0.29, 0.717) is 18.4 Å². The number of rotatable bonds is 2. The standard InChI is InChI=1S/C21H27N3O/c1-21-11-13-24(19(21)7-3-4-8-20(25)23(21)2)15-16-9-10-18-17(14-16)6-5-12-22-18/h5-6,9-10,12,14,19H,3-4,7-8,11,13,15H2,1-2H3/t19-,21-/m1/s1. The number of likely N-dealkylation sites (tertiary alicyclic amines) is 2. The monoisotopic (exact) mass is 337 g/mol. The summed E-state index contributed by atoms with van der Waals surface area (Å²) >= 11 is 0. The Hall–Kier alpha value is -1.94. The lowest BCUT2D eigenvalue weighted by Crippen LogP contribution is -2.56. The van der Waals surface area contributed by atoms with Crippen molar-refractivity contribution < 1.29 is 4.79 Å². The number of hydrogen-bond acceptors (Lipinski definition) is 3. The topological polar surface area (TPSA) is 36.4 Å². The van der Waals surface area contributed by atoms with Gasteiger partial charge in [0, 0.05) is 44.2 Å². The number of nitrogens with zero attached hydrogens (tertiary/aromatic N) is 3. The van der Waals surface area contributed by atoms with Gasteiger partial charge in [0.2, 0.25) is 5.91 Å². The Morgan fingerprint density at radius 2 is 2.16 bits per heavy atom. The Labute approximate surface area is 149 Å². The van der Waals surface area contributed by atoms with E-state index in [1.807, 2.05) is 24.2 Å². The molecule has 0 N–H and O–H groups in total. The van der Waals surface area contributed by atoms with Crippen molar-refractivity contribution in [2.24, 2.45) is 0 Å². The van der Waals surface area contributed by atoms with Crippen molar-refractivity contribution in [1.82, 2.24) is 14.8 Å². The Morgan fingerprint density at radius 3 is 3.04 bits per heavy atom. The normalized spacial score (nSPS) is 28.0. The second-order valence-corrected chi connectivity index (χ2v) is 7.82. The van der Waals surface area contributed by atoms with Crippen molar-refractivity contribution in [2.45, 2.75) is 57.2 Å². The summed E-state index contributed by atoms with van der Waals surface area (Å²) in [5.41, 5.74) is 2.35. The van der Waals surface area contributed by atoms with Gasteiger partial charge in [0.05, 0.1) is 11.1 Å². The van der Waals surface area contributed by atoms with Gasteiger partial charge < -0.3 is 4.90 Å². The molecule has 3 heterocycles. The zero-order chi connectivity index (χ0) is 17.4. The average Bonchev–Trinajstić information content (AvgIpc) is 2.93. The van der Waals surface area contributed by atoms with Gasteiger partial charge in [-0.1, -0.05) is 18.6 Å². The Morgan fingerprint density at radius 1 is 1.28 bits per heavy atom. The van der Waals surface area contributed by atoms with E-state index in [1.54, 1.807) is 0 Å². The number of benzene rings is 1. The van der Waals surface area contributed by atoms with Crippen molar-refractivity contribution >= 4 is 16.8 Å². The van der Waals surface area contributed by atoms with Crippen LogP contribution in [-0.4, -0.2) is 45.9 Å². The number of carbonyl (C=O) groups is 1. The summed E-state index contributed by atoms with van der Waals surface area (Å²) in [4.78, 5) is 21.5. The molecule has 0 unspecified atom stereocenters. The molecule has 2 saturated heterocycles. The zero-order valence-electron chi connectivity index (χ0n) is 15.2. The zero-order valence-corrected chi connectivity index (χ0v) is 15.2. The molecular weight excluding hydrogens is 310 g/mol. The number of fused-ring (bicyclic) bond motifs is 2. The van der Waals surface area contributed by atoms with E-state index in [4.69, 9.17) is 0 Å². The van der Waals surface area contributed by atoms with Crippen LogP contribution in [0.2, 0.25) is 0 Å². The van der Waals surface area contributed by atoms with Gasteiger partial charge in [-0.05, 0) is 49.9 Å². The van der Waals surface area contributed by atoms with Crippen LogP contribution < -0.4 is 0 Å². The van der Waals surface area contributed by atoms with E-state index in [1.165, 1.54) is 17.4 Å². The van der Waals surface area contributed by atoms with Gasteiger partial charge in [-0.3, -0.25) is 14.7 Å². The summed E-state index contributed by atoms with van der Waals surface area (Å²) in [5.74, 6) is 0.311. The minimum atomic E-state index is -0.0318. The predicted molar refractivity (Wildman–Crippen MR) is 100 cm³/mol. The van der Waals surface area contributed by atoms with Gasteiger partial charge in [0.25, 0.3) is 0 Å². The van der Waals surface area contributed by atoms with Gasteiger partial charge in [-0.2, -0.15) is 0 Å². The number of likely N-dealkylation sites (N-methyl/N-ethyl adjacent to an activating group) is 1. The van der Waals surface area contributed by atoms with Crippen LogP contribution in [0.15, 0.2) is 36.5 Å². The van der Waals surface area contributed by atoms with Gasteiger partial charge in [-0.15, -0.1) is 0 Å². The molecule has 1 aromatic carbocycles. The fourth-order valence-corrected chi connectivity index (χ4v) is 4.68. The molecular formula is C21H27N3O. The molecule has 25 heavy (non-hydrogen) atoms. The first-order valence-electron chi connectivity index (χ1n) is 9.42. The second-order valence-electron chi connectivity index (χ2n) is 7.82. The third-order valence-electron chi connectivity index (χ3n) is 6.38. The third kappa shape index (κ3) is 2.93. The molecule has 4 nitrogen and oxygen atoms in total. The lowest BCUT2D eigenvalue weighted by atomic mass is 9.85. The fourth-order valence-electron chi connectivity index (χ4n) is 4.68. The Balaban J connectivity index is 1.58. The minimum Gasteiger partial charge on any atom is -0.339 e. The maximum absolute atomic E-state index is 12.4. The number of pyridine rings is 1. The number of carbonyl (C=O) groups excluding carboxylic acids is 1. The van der Waals surface area contributed by atoms with Crippen LogP contribution in [0.5, 0.6) is 0 Å². The lowest BCUT2D eigenvalue weighted by Gasteiger charge is -2.44. The Kier molecular flexibility index (Phi) is 4.24. The highest BCUT2D eigenvalue weighted by Crippen LogP contribution is 2.39. The maximum Gasteiger partial charge on any atom is 0.222 e. The predicted octanol–water partition coefficient (Wildman–Crippen LogP) is 3.60. The van der Waals surface area contributed by atoms with E-state index >= 15 is 0 Å². The lowest BCUT2D eigenvalue weighted by molar-refractivity contribution is -0.137. The average molecular weight is 337 g/mol. The third-order valence-corrected chi connectivity index (χ3v) is 6.38. The summed E-state index contributed by atoms with van der Waals surface area (Å²) in [7, 11) is 2.01. The summed E-state index contributed by atoms with van der Waals surface area (Å²) in [6.07, 6.45) is 6.97. The Bertz CT molecular complexity index is 790. The first kappa shape index (κ1) is 16.5. The second kappa shape index (κ2) is 6.41. The fraction of sp³-hybridized carbons (Fsp3) is 0.524. The number of hydrogen-bond donors (Lipinski definition) is 0. The van der Waals surface area contributed by atoms with E-state index in [-0.39, 0.29) is 5.54 Å². The van der Waals surface area contributed by atoms with Crippen LogP contribution in [0.25, 0.3) is 10.9 Å². The van der Waals surface area contributed by atoms with Crippen molar-refractivity contribution in [2.75, 3.05) is 13.6 Å². The molecule has 0 radical (unpaired) electrons. The molecule has 4 rings (SSSR count). The van der Waals surface area contributed by atoms with E-state index in [2.05, 4.69) is 41.1 Å². The highest BCUT2D eigenvalue weighted by atomic mass is 16.2. The SMILES string of the molecule is CN1C(=O)CCCC[C@H]2N(Cc3ccc4ncccc4c3)CC[C@]21C. The molecule has 0 bridgehead atoms. The molecule has 0 spiro atoms. The minimum absolute atomic E-state index is 0.0318. The number of amides is 1. The summed E-state index contributed by atoms with van der Waals surface area (Å²) < 4.78 is 0. The maximum atomic E-state index is 12.4. The summed E-state index contributed by atoms with van der Waals surface area (Å²) in [6, 6.07) is 11.1. The molecule has 0 saturated carbocycles. The quantitative estimate of drug-likeness (QED) is 0.840.